The molecule has 1 aliphatic heterocycles. The van der Waals surface area contributed by atoms with Crippen molar-refractivity contribution in [3.63, 3.8) is 0 Å². The zero-order chi connectivity index (χ0) is 18.0. The number of benzene rings is 1. The van der Waals surface area contributed by atoms with Crippen molar-refractivity contribution in [1.29, 1.82) is 0 Å². The Kier molecular flexibility index (Phi) is 4.80. The predicted octanol–water partition coefficient (Wildman–Crippen LogP) is 1.34. The summed E-state index contributed by atoms with van der Waals surface area (Å²) in [6, 6.07) is 6.96. The molecule has 1 fully saturated rings. The number of nitrogens with one attached hydrogen (secondary N) is 1. The van der Waals surface area contributed by atoms with Crippen molar-refractivity contribution in [1.82, 2.24) is 19.7 Å². The van der Waals surface area contributed by atoms with Crippen LogP contribution in [0.25, 0.3) is 5.69 Å². The summed E-state index contributed by atoms with van der Waals surface area (Å²) < 4.78 is 52.2. The molecule has 0 saturated carbocycles. The summed E-state index contributed by atoms with van der Waals surface area (Å²) in [5, 5.41) is 6.75. The molecule has 25 heavy (non-hydrogen) atoms. The number of aromatic nitrogens is 3. The summed E-state index contributed by atoms with van der Waals surface area (Å²) in [4.78, 5) is 14.3. The van der Waals surface area contributed by atoms with Crippen molar-refractivity contribution >= 4 is 5.69 Å². The lowest BCUT2D eigenvalue weighted by Crippen LogP contribution is -2.43. The van der Waals surface area contributed by atoms with Gasteiger partial charge < -0.3 is 10.2 Å². The zero-order valence-electron chi connectivity index (χ0n) is 13.2. The first kappa shape index (κ1) is 17.5. The summed E-state index contributed by atoms with van der Waals surface area (Å²) in [6.07, 6.45) is -2.81. The van der Waals surface area contributed by atoms with Crippen molar-refractivity contribution in [3.8, 4) is 5.69 Å². The summed E-state index contributed by atoms with van der Waals surface area (Å²) in [7, 11) is 0. The number of halogens is 4. The van der Waals surface area contributed by atoms with E-state index in [9.17, 15) is 22.4 Å². The van der Waals surface area contributed by atoms with Gasteiger partial charge in [-0.2, -0.15) is 13.9 Å². The quantitative estimate of drug-likeness (QED) is 0.819. The maximum atomic E-state index is 13.1. The number of hydrogen-bond acceptors (Lipinski definition) is 4. The minimum atomic E-state index is -4.31. The second kappa shape index (κ2) is 6.87. The van der Waals surface area contributed by atoms with E-state index in [0.717, 1.165) is 42.8 Å². The first-order chi connectivity index (χ1) is 11.9. The number of piperazine rings is 1. The molecule has 3 rings (SSSR count). The third-order valence-electron chi connectivity index (χ3n) is 4.02. The van der Waals surface area contributed by atoms with Crippen LogP contribution >= 0.6 is 0 Å². The van der Waals surface area contributed by atoms with Gasteiger partial charge >= 0.3 is 18.0 Å². The Balaban J connectivity index is 1.79. The molecule has 1 aliphatic rings. The number of hydrogen-bond donors (Lipinski definition) is 1. The molecule has 1 aromatic heterocycles. The van der Waals surface area contributed by atoms with Crippen molar-refractivity contribution < 1.29 is 17.6 Å². The van der Waals surface area contributed by atoms with Gasteiger partial charge in [0, 0.05) is 31.9 Å². The topological polar surface area (TPSA) is 55.1 Å². The molecule has 10 heteroatoms. The highest BCUT2D eigenvalue weighted by atomic mass is 19.3. The molecule has 0 aliphatic carbocycles. The molecular formula is C15H17F4N5O. The van der Waals surface area contributed by atoms with E-state index in [2.05, 4.69) is 15.3 Å². The predicted molar refractivity (Wildman–Crippen MR) is 83.9 cm³/mol. The normalized spacial score (nSPS) is 15.8. The van der Waals surface area contributed by atoms with Crippen LogP contribution in [0.4, 0.5) is 23.2 Å². The minimum absolute atomic E-state index is 0.344. The number of nitrogens with zero attached hydrogens (tertiary/aromatic N) is 4. The van der Waals surface area contributed by atoms with Crippen LogP contribution in [0.3, 0.4) is 0 Å². The summed E-state index contributed by atoms with van der Waals surface area (Å²) in [6.45, 7) is 2.02. The van der Waals surface area contributed by atoms with E-state index >= 15 is 0 Å². The summed E-state index contributed by atoms with van der Waals surface area (Å²) >= 11 is 0. The molecule has 0 unspecified atom stereocenters. The monoisotopic (exact) mass is 359 g/mol. The second-order valence-electron chi connectivity index (χ2n) is 5.76. The van der Waals surface area contributed by atoms with Gasteiger partial charge in [-0.3, -0.25) is 0 Å². The Morgan fingerprint density at radius 2 is 1.72 bits per heavy atom. The first-order valence-corrected chi connectivity index (χ1v) is 7.75. The molecule has 0 atom stereocenters. The average Bonchev–Trinajstić information content (AvgIpc) is 2.96. The van der Waals surface area contributed by atoms with Crippen molar-refractivity contribution in [3.05, 3.63) is 41.1 Å². The molecule has 1 saturated heterocycles. The third-order valence-corrected chi connectivity index (χ3v) is 4.02. The van der Waals surface area contributed by atoms with Crippen LogP contribution in [0.5, 0.6) is 0 Å². The largest absolute Gasteiger partial charge is 0.369 e. The van der Waals surface area contributed by atoms with Gasteiger partial charge in [0.2, 0.25) is 0 Å². The highest BCUT2D eigenvalue weighted by Gasteiger charge is 2.42. The van der Waals surface area contributed by atoms with Crippen molar-refractivity contribution in [2.45, 2.75) is 18.9 Å². The van der Waals surface area contributed by atoms with E-state index < -0.39 is 24.6 Å². The average molecular weight is 359 g/mol. The van der Waals surface area contributed by atoms with E-state index in [1.54, 1.807) is 12.1 Å². The third kappa shape index (κ3) is 3.68. The lowest BCUT2D eigenvalue weighted by Gasteiger charge is -2.29. The maximum Gasteiger partial charge on any atom is 0.350 e. The summed E-state index contributed by atoms with van der Waals surface area (Å²) in [5.41, 5.74) is 0.515. The smallest absolute Gasteiger partial charge is 0.350 e. The fourth-order valence-electron chi connectivity index (χ4n) is 2.64. The van der Waals surface area contributed by atoms with Gasteiger partial charge in [0.25, 0.3) is 0 Å². The van der Waals surface area contributed by atoms with E-state index in [0.29, 0.717) is 10.4 Å². The van der Waals surface area contributed by atoms with Gasteiger partial charge in [0.15, 0.2) is 0 Å². The fraction of sp³-hybridized carbons (Fsp3) is 0.467. The van der Waals surface area contributed by atoms with Crippen LogP contribution < -0.4 is 15.9 Å². The van der Waals surface area contributed by atoms with E-state index in [-0.39, 0.29) is 0 Å². The van der Waals surface area contributed by atoms with Crippen molar-refractivity contribution in [2.75, 3.05) is 31.1 Å². The Morgan fingerprint density at radius 1 is 1.12 bits per heavy atom. The Bertz CT molecular complexity index is 765. The second-order valence-corrected chi connectivity index (χ2v) is 5.76. The molecule has 1 N–H and O–H groups in total. The highest BCUT2D eigenvalue weighted by molar-refractivity contribution is 5.51. The highest BCUT2D eigenvalue weighted by Crippen LogP contribution is 2.24. The Morgan fingerprint density at radius 3 is 2.32 bits per heavy atom. The van der Waals surface area contributed by atoms with Gasteiger partial charge in [-0.25, -0.2) is 22.8 Å². The number of alkyl halides is 4. The first-order valence-electron chi connectivity index (χ1n) is 7.75. The van der Waals surface area contributed by atoms with Crippen LogP contribution in [0.1, 0.15) is 0 Å². The SMILES string of the molecule is O=c1n(-c2ccc(N3CCNCC3)cc2)cnn1CC(F)(F)C(F)F. The lowest BCUT2D eigenvalue weighted by atomic mass is 10.2. The lowest BCUT2D eigenvalue weighted by molar-refractivity contribution is -0.139. The van der Waals surface area contributed by atoms with E-state index in [1.165, 1.54) is 0 Å². The van der Waals surface area contributed by atoms with Crippen molar-refractivity contribution in [2.24, 2.45) is 0 Å². The minimum Gasteiger partial charge on any atom is -0.369 e. The van der Waals surface area contributed by atoms with Crippen LogP contribution in [0.15, 0.2) is 35.4 Å². The molecule has 0 amide bonds. The van der Waals surface area contributed by atoms with Crippen LogP contribution in [-0.2, 0) is 6.54 Å². The molecule has 6 nitrogen and oxygen atoms in total. The van der Waals surface area contributed by atoms with Gasteiger partial charge in [0.05, 0.1) is 5.69 Å². The van der Waals surface area contributed by atoms with E-state index in [4.69, 9.17) is 0 Å². The van der Waals surface area contributed by atoms with Gasteiger partial charge in [-0.15, -0.1) is 0 Å². The standard InChI is InChI=1S/C15H17F4N5O/c16-13(17)15(18,19)9-24-14(25)23(10-21-24)12-3-1-11(2-4-12)22-7-5-20-6-8-22/h1-4,10,13,20H,5-9H2. The zero-order valence-corrected chi connectivity index (χ0v) is 13.2. The molecule has 0 bridgehead atoms. The molecule has 1 aromatic carbocycles. The molecule has 2 heterocycles. The van der Waals surface area contributed by atoms with Crippen LogP contribution in [0, 0.1) is 0 Å². The molecule has 136 valence electrons. The fourth-order valence-corrected chi connectivity index (χ4v) is 2.64. The molecule has 2 aromatic rings. The molecule has 0 spiro atoms. The molecular weight excluding hydrogens is 342 g/mol. The van der Waals surface area contributed by atoms with Gasteiger partial charge in [-0.05, 0) is 24.3 Å². The Hall–Kier alpha value is -2.36. The molecule has 0 radical (unpaired) electrons. The number of anilines is 1. The Labute approximate surface area is 140 Å². The van der Waals surface area contributed by atoms with Gasteiger partial charge in [0.1, 0.15) is 12.9 Å². The van der Waals surface area contributed by atoms with E-state index in [1.807, 2.05) is 12.1 Å². The summed E-state index contributed by atoms with van der Waals surface area (Å²) in [5.74, 6) is -4.31. The van der Waals surface area contributed by atoms with Crippen LogP contribution in [0.2, 0.25) is 0 Å². The number of rotatable bonds is 5. The van der Waals surface area contributed by atoms with Crippen LogP contribution in [-0.4, -0.2) is 52.9 Å². The van der Waals surface area contributed by atoms with Gasteiger partial charge in [-0.1, -0.05) is 0 Å². The maximum absolute atomic E-state index is 13.1.